The first-order valence-electron chi connectivity index (χ1n) is 7.39. The smallest absolute Gasteiger partial charge is 0.123 e. The van der Waals surface area contributed by atoms with E-state index in [0.717, 1.165) is 33.6 Å². The van der Waals surface area contributed by atoms with Gasteiger partial charge in [-0.2, -0.15) is 0 Å². The summed E-state index contributed by atoms with van der Waals surface area (Å²) in [7, 11) is 1.96. The standard InChI is InChI=1S/C19H21FN2O/c1-13(2)17(11-21-23)19(15-6-8-16(20)9-7-15)18-10-5-14(3)12-22(18)4/h5-12,23H,1-4H3/b19-18-,21-11+. The van der Waals surface area contributed by atoms with Crippen molar-refractivity contribution in [2.45, 2.75) is 20.8 Å². The zero-order chi connectivity index (χ0) is 17.0. The summed E-state index contributed by atoms with van der Waals surface area (Å²) in [6.45, 7) is 5.93. The number of likely N-dealkylation sites (N-methyl/N-ethyl adjacent to an activating group) is 1. The molecule has 1 heterocycles. The van der Waals surface area contributed by atoms with Gasteiger partial charge >= 0.3 is 0 Å². The van der Waals surface area contributed by atoms with Crippen LogP contribution in [0.4, 0.5) is 4.39 Å². The van der Waals surface area contributed by atoms with Crippen molar-refractivity contribution in [3.8, 4) is 0 Å². The Kier molecular flexibility index (Phi) is 5.16. The van der Waals surface area contributed by atoms with E-state index in [0.29, 0.717) is 0 Å². The van der Waals surface area contributed by atoms with Gasteiger partial charge in [-0.25, -0.2) is 4.39 Å². The molecule has 0 spiro atoms. The average Bonchev–Trinajstić information content (AvgIpc) is 2.50. The van der Waals surface area contributed by atoms with Crippen molar-refractivity contribution in [3.63, 3.8) is 0 Å². The Balaban J connectivity index is 2.73. The van der Waals surface area contributed by atoms with E-state index in [1.807, 2.05) is 51.1 Å². The molecule has 0 amide bonds. The number of hydrogen-bond donors (Lipinski definition) is 1. The first kappa shape index (κ1) is 16.7. The zero-order valence-corrected chi connectivity index (χ0v) is 13.8. The van der Waals surface area contributed by atoms with Crippen LogP contribution in [0.5, 0.6) is 0 Å². The Morgan fingerprint density at radius 2 is 1.83 bits per heavy atom. The second kappa shape index (κ2) is 7.09. The average molecular weight is 312 g/mol. The Morgan fingerprint density at radius 1 is 1.17 bits per heavy atom. The van der Waals surface area contributed by atoms with Crippen LogP contribution >= 0.6 is 0 Å². The van der Waals surface area contributed by atoms with Crippen LogP contribution in [-0.2, 0) is 0 Å². The molecule has 1 aliphatic heterocycles. The van der Waals surface area contributed by atoms with Crippen molar-refractivity contribution < 1.29 is 9.60 Å². The van der Waals surface area contributed by atoms with Crippen LogP contribution in [0.1, 0.15) is 26.3 Å². The molecule has 2 rings (SSSR count). The predicted molar refractivity (Wildman–Crippen MR) is 92.6 cm³/mol. The highest BCUT2D eigenvalue weighted by Crippen LogP contribution is 2.32. The molecule has 1 aromatic carbocycles. The van der Waals surface area contributed by atoms with Gasteiger partial charge in [-0.05, 0) is 50.1 Å². The molecule has 0 saturated carbocycles. The molecule has 3 nitrogen and oxygen atoms in total. The van der Waals surface area contributed by atoms with Crippen LogP contribution < -0.4 is 0 Å². The van der Waals surface area contributed by atoms with E-state index in [9.17, 15) is 4.39 Å². The lowest BCUT2D eigenvalue weighted by Gasteiger charge is -2.25. The second-order valence-corrected chi connectivity index (χ2v) is 5.74. The molecule has 0 unspecified atom stereocenters. The van der Waals surface area contributed by atoms with E-state index in [1.165, 1.54) is 18.3 Å². The minimum Gasteiger partial charge on any atom is -0.411 e. The van der Waals surface area contributed by atoms with Gasteiger partial charge in [0.1, 0.15) is 5.82 Å². The first-order chi connectivity index (χ1) is 10.9. The van der Waals surface area contributed by atoms with Crippen molar-refractivity contribution in [2.75, 3.05) is 7.05 Å². The van der Waals surface area contributed by atoms with Gasteiger partial charge in [0.2, 0.25) is 0 Å². The van der Waals surface area contributed by atoms with Crippen LogP contribution in [0.15, 0.2) is 70.2 Å². The molecule has 120 valence electrons. The second-order valence-electron chi connectivity index (χ2n) is 5.74. The molecule has 0 fully saturated rings. The third-order valence-electron chi connectivity index (χ3n) is 3.67. The van der Waals surface area contributed by atoms with Crippen LogP contribution in [0.3, 0.4) is 0 Å². The molecule has 0 bridgehead atoms. The summed E-state index contributed by atoms with van der Waals surface area (Å²) < 4.78 is 13.3. The molecule has 0 radical (unpaired) electrons. The molecule has 0 atom stereocenters. The van der Waals surface area contributed by atoms with Gasteiger partial charge < -0.3 is 10.1 Å². The molecule has 1 aromatic rings. The number of hydrogen-bond acceptors (Lipinski definition) is 3. The molecule has 0 saturated heterocycles. The number of nitrogens with zero attached hydrogens (tertiary/aromatic N) is 2. The fourth-order valence-electron chi connectivity index (χ4n) is 2.56. The number of rotatable bonds is 3. The first-order valence-corrected chi connectivity index (χ1v) is 7.39. The third-order valence-corrected chi connectivity index (χ3v) is 3.67. The summed E-state index contributed by atoms with van der Waals surface area (Å²) in [5.41, 5.74) is 5.66. The monoisotopic (exact) mass is 312 g/mol. The van der Waals surface area contributed by atoms with Crippen LogP contribution in [0, 0.1) is 5.82 Å². The topological polar surface area (TPSA) is 35.8 Å². The van der Waals surface area contributed by atoms with E-state index in [1.54, 1.807) is 12.1 Å². The highest BCUT2D eigenvalue weighted by Gasteiger charge is 2.17. The fourth-order valence-corrected chi connectivity index (χ4v) is 2.56. The lowest BCUT2D eigenvalue weighted by molar-refractivity contribution is 0.322. The molecule has 0 aliphatic carbocycles. The lowest BCUT2D eigenvalue weighted by atomic mass is 9.92. The lowest BCUT2D eigenvalue weighted by Crippen LogP contribution is -2.15. The summed E-state index contributed by atoms with van der Waals surface area (Å²) in [6.07, 6.45) is 7.49. The van der Waals surface area contributed by atoms with E-state index < -0.39 is 0 Å². The van der Waals surface area contributed by atoms with Gasteiger partial charge in [0.15, 0.2) is 0 Å². The Labute approximate surface area is 136 Å². The summed E-state index contributed by atoms with van der Waals surface area (Å²) in [5.74, 6) is -0.282. The maximum absolute atomic E-state index is 13.3. The largest absolute Gasteiger partial charge is 0.411 e. The van der Waals surface area contributed by atoms with E-state index in [2.05, 4.69) is 5.16 Å². The van der Waals surface area contributed by atoms with Crippen LogP contribution in [0.2, 0.25) is 0 Å². The Hall–Kier alpha value is -2.62. The zero-order valence-electron chi connectivity index (χ0n) is 13.8. The normalized spacial score (nSPS) is 16.6. The van der Waals surface area contributed by atoms with Gasteiger partial charge in [0.25, 0.3) is 0 Å². The molecule has 0 aromatic heterocycles. The molecular formula is C19H21FN2O. The van der Waals surface area contributed by atoms with E-state index in [4.69, 9.17) is 5.21 Å². The minimum absolute atomic E-state index is 0.282. The minimum atomic E-state index is -0.282. The van der Waals surface area contributed by atoms with Crippen molar-refractivity contribution in [2.24, 2.45) is 5.16 Å². The van der Waals surface area contributed by atoms with Gasteiger partial charge in [-0.3, -0.25) is 0 Å². The highest BCUT2D eigenvalue weighted by atomic mass is 19.1. The van der Waals surface area contributed by atoms with Gasteiger partial charge in [0.05, 0.1) is 6.21 Å². The van der Waals surface area contributed by atoms with Gasteiger partial charge in [0, 0.05) is 30.1 Å². The summed E-state index contributed by atoms with van der Waals surface area (Å²) in [4.78, 5) is 2.02. The molecule has 1 N–H and O–H groups in total. The van der Waals surface area contributed by atoms with Gasteiger partial charge in [-0.1, -0.05) is 28.9 Å². The van der Waals surface area contributed by atoms with Crippen LogP contribution in [-0.4, -0.2) is 23.4 Å². The van der Waals surface area contributed by atoms with Crippen molar-refractivity contribution >= 4 is 11.8 Å². The fraction of sp³-hybridized carbons (Fsp3) is 0.211. The molecule has 1 aliphatic rings. The molecule has 4 heteroatoms. The van der Waals surface area contributed by atoms with Crippen molar-refractivity contribution in [1.29, 1.82) is 0 Å². The number of benzene rings is 1. The van der Waals surface area contributed by atoms with E-state index in [-0.39, 0.29) is 5.82 Å². The Morgan fingerprint density at radius 3 is 2.35 bits per heavy atom. The molecular weight excluding hydrogens is 291 g/mol. The van der Waals surface area contributed by atoms with Gasteiger partial charge in [-0.15, -0.1) is 0 Å². The Bertz CT molecular complexity index is 733. The maximum atomic E-state index is 13.3. The quantitative estimate of drug-likeness (QED) is 0.497. The maximum Gasteiger partial charge on any atom is 0.123 e. The number of oxime groups is 1. The molecule has 23 heavy (non-hydrogen) atoms. The summed E-state index contributed by atoms with van der Waals surface area (Å²) >= 11 is 0. The van der Waals surface area contributed by atoms with E-state index >= 15 is 0 Å². The number of halogens is 1. The predicted octanol–water partition coefficient (Wildman–Crippen LogP) is 4.74. The highest BCUT2D eigenvalue weighted by molar-refractivity contribution is 6.03. The third kappa shape index (κ3) is 3.77. The summed E-state index contributed by atoms with van der Waals surface area (Å²) in [5, 5.41) is 12.2. The summed E-state index contributed by atoms with van der Waals surface area (Å²) in [6, 6.07) is 6.34. The van der Waals surface area contributed by atoms with Crippen molar-refractivity contribution in [3.05, 3.63) is 76.4 Å². The van der Waals surface area contributed by atoms with Crippen molar-refractivity contribution in [1.82, 2.24) is 4.90 Å². The SMILES string of the molecule is CC1=CN(C)/C(=C(\C(/C=N/O)=C(C)C)c2ccc(F)cc2)C=C1. The number of allylic oxidation sites excluding steroid dienone is 6. The van der Waals surface area contributed by atoms with Crippen LogP contribution in [0.25, 0.3) is 5.57 Å².